The number of rotatable bonds is 6. The van der Waals surface area contributed by atoms with Gasteiger partial charge in [-0.05, 0) is 36.8 Å². The van der Waals surface area contributed by atoms with Crippen LogP contribution in [0.15, 0.2) is 59.0 Å². The quantitative estimate of drug-likeness (QED) is 0.597. The Bertz CT molecular complexity index is 751. The van der Waals surface area contributed by atoms with Crippen LogP contribution in [0.25, 0.3) is 11.5 Å². The molecule has 0 aliphatic carbocycles. The van der Waals surface area contributed by atoms with Crippen LogP contribution in [0.1, 0.15) is 17.0 Å². The molecule has 118 valence electrons. The molecule has 3 rings (SSSR count). The van der Waals surface area contributed by atoms with Crippen molar-refractivity contribution in [2.75, 3.05) is 6.61 Å². The maximum absolute atomic E-state index is 5.77. The third kappa shape index (κ3) is 3.93. The van der Waals surface area contributed by atoms with Gasteiger partial charge in [-0.2, -0.15) is 0 Å². The molecule has 0 aliphatic rings. The number of benzene rings is 2. The Hall–Kier alpha value is -2.26. The van der Waals surface area contributed by atoms with Crippen molar-refractivity contribution in [2.24, 2.45) is 0 Å². The molecule has 1 heterocycles. The molecule has 0 atom stereocenters. The van der Waals surface area contributed by atoms with Gasteiger partial charge in [-0.15, -0.1) is 11.6 Å². The number of nitrogens with zero attached hydrogens (tertiary/aromatic N) is 1. The van der Waals surface area contributed by atoms with E-state index in [4.69, 9.17) is 20.8 Å². The minimum Gasteiger partial charge on any atom is -0.493 e. The van der Waals surface area contributed by atoms with Crippen LogP contribution in [0.3, 0.4) is 0 Å². The summed E-state index contributed by atoms with van der Waals surface area (Å²) in [7, 11) is 0. The fraction of sp³-hybridized carbons (Fsp3) is 0.211. The molecule has 0 amide bonds. The van der Waals surface area contributed by atoms with Crippen molar-refractivity contribution < 1.29 is 9.15 Å². The van der Waals surface area contributed by atoms with Crippen LogP contribution >= 0.6 is 11.6 Å². The highest BCUT2D eigenvalue weighted by atomic mass is 35.5. The maximum Gasteiger partial charge on any atom is 0.226 e. The number of halogens is 1. The SMILES string of the molecule is Cc1oc(-c2ccccc2)nc1CCOc1ccc(CCl)cc1. The summed E-state index contributed by atoms with van der Waals surface area (Å²) in [6.45, 7) is 2.49. The van der Waals surface area contributed by atoms with Gasteiger partial charge in [0.2, 0.25) is 5.89 Å². The molecule has 0 N–H and O–H groups in total. The molecule has 3 aromatic rings. The number of aromatic nitrogens is 1. The van der Waals surface area contributed by atoms with Crippen molar-refractivity contribution >= 4 is 11.6 Å². The molecule has 0 fully saturated rings. The highest BCUT2D eigenvalue weighted by Crippen LogP contribution is 2.22. The highest BCUT2D eigenvalue weighted by Gasteiger charge is 2.11. The first-order valence-electron chi connectivity index (χ1n) is 7.55. The third-order valence-electron chi connectivity index (χ3n) is 3.60. The molecule has 0 saturated heterocycles. The van der Waals surface area contributed by atoms with Crippen LogP contribution in [-0.4, -0.2) is 11.6 Å². The number of hydrogen-bond acceptors (Lipinski definition) is 3. The van der Waals surface area contributed by atoms with Gasteiger partial charge >= 0.3 is 0 Å². The summed E-state index contributed by atoms with van der Waals surface area (Å²) in [4.78, 5) is 4.57. The van der Waals surface area contributed by atoms with Gasteiger partial charge in [0.1, 0.15) is 11.5 Å². The van der Waals surface area contributed by atoms with E-state index in [1.807, 2.05) is 61.5 Å². The zero-order valence-corrected chi connectivity index (χ0v) is 13.7. The van der Waals surface area contributed by atoms with Crippen molar-refractivity contribution in [3.05, 3.63) is 71.6 Å². The van der Waals surface area contributed by atoms with Gasteiger partial charge in [0.15, 0.2) is 0 Å². The molecule has 0 spiro atoms. The molecule has 1 aromatic heterocycles. The van der Waals surface area contributed by atoms with Gasteiger partial charge < -0.3 is 9.15 Å². The average Bonchev–Trinajstić information content (AvgIpc) is 2.97. The summed E-state index contributed by atoms with van der Waals surface area (Å²) in [6, 6.07) is 17.7. The lowest BCUT2D eigenvalue weighted by Crippen LogP contribution is -2.02. The van der Waals surface area contributed by atoms with Crippen LogP contribution in [0.5, 0.6) is 5.75 Å². The summed E-state index contributed by atoms with van der Waals surface area (Å²) in [6.07, 6.45) is 0.708. The Morgan fingerprint density at radius 1 is 1.04 bits per heavy atom. The summed E-state index contributed by atoms with van der Waals surface area (Å²) in [5.41, 5.74) is 3.00. The summed E-state index contributed by atoms with van der Waals surface area (Å²) >= 11 is 5.77. The fourth-order valence-electron chi connectivity index (χ4n) is 2.30. The highest BCUT2D eigenvalue weighted by molar-refractivity contribution is 6.17. The Labute approximate surface area is 140 Å². The number of oxazole rings is 1. The summed E-state index contributed by atoms with van der Waals surface area (Å²) < 4.78 is 11.5. The Morgan fingerprint density at radius 2 is 1.78 bits per heavy atom. The number of hydrogen-bond donors (Lipinski definition) is 0. The van der Waals surface area contributed by atoms with Crippen molar-refractivity contribution in [1.82, 2.24) is 4.98 Å². The van der Waals surface area contributed by atoms with E-state index >= 15 is 0 Å². The van der Waals surface area contributed by atoms with Crippen molar-refractivity contribution in [3.8, 4) is 17.2 Å². The van der Waals surface area contributed by atoms with Crippen molar-refractivity contribution in [2.45, 2.75) is 19.2 Å². The van der Waals surface area contributed by atoms with Gasteiger partial charge in [0.25, 0.3) is 0 Å². The lowest BCUT2D eigenvalue weighted by molar-refractivity contribution is 0.320. The normalized spacial score (nSPS) is 10.7. The first kappa shape index (κ1) is 15.6. The number of ether oxygens (including phenoxy) is 1. The molecular weight excluding hydrogens is 310 g/mol. The summed E-state index contributed by atoms with van der Waals surface area (Å²) in [5, 5.41) is 0. The predicted octanol–water partition coefficient (Wildman–Crippen LogP) is 5.01. The molecule has 0 unspecified atom stereocenters. The molecule has 0 saturated carbocycles. The van der Waals surface area contributed by atoms with E-state index in [9.17, 15) is 0 Å². The Morgan fingerprint density at radius 3 is 2.48 bits per heavy atom. The van der Waals surface area contributed by atoms with Gasteiger partial charge in [-0.25, -0.2) is 4.98 Å². The minimum atomic E-state index is 0.515. The Balaban J connectivity index is 1.61. The molecule has 4 heteroatoms. The van der Waals surface area contributed by atoms with Gasteiger partial charge in [0, 0.05) is 17.9 Å². The second-order valence-electron chi connectivity index (χ2n) is 5.26. The van der Waals surface area contributed by atoms with Gasteiger partial charge in [-0.3, -0.25) is 0 Å². The average molecular weight is 328 g/mol. The third-order valence-corrected chi connectivity index (χ3v) is 3.91. The van der Waals surface area contributed by atoms with Gasteiger partial charge in [-0.1, -0.05) is 30.3 Å². The van der Waals surface area contributed by atoms with Crippen LogP contribution in [0.2, 0.25) is 0 Å². The Kier molecular flexibility index (Phi) is 4.99. The molecule has 0 radical (unpaired) electrons. The lowest BCUT2D eigenvalue weighted by Gasteiger charge is -2.05. The van der Waals surface area contributed by atoms with Crippen LogP contribution in [0.4, 0.5) is 0 Å². The van der Waals surface area contributed by atoms with Crippen molar-refractivity contribution in [3.63, 3.8) is 0 Å². The number of aryl methyl sites for hydroxylation is 1. The predicted molar refractivity (Wildman–Crippen MR) is 91.9 cm³/mol. The van der Waals surface area contributed by atoms with Crippen LogP contribution in [0, 0.1) is 6.92 Å². The topological polar surface area (TPSA) is 35.3 Å². The molecule has 3 nitrogen and oxygen atoms in total. The van der Waals surface area contributed by atoms with E-state index in [1.165, 1.54) is 0 Å². The van der Waals surface area contributed by atoms with E-state index in [0.717, 1.165) is 28.3 Å². The van der Waals surface area contributed by atoms with E-state index in [2.05, 4.69) is 4.98 Å². The maximum atomic E-state index is 5.77. The van der Waals surface area contributed by atoms with E-state index in [-0.39, 0.29) is 0 Å². The monoisotopic (exact) mass is 327 g/mol. The molecular formula is C19H18ClNO2. The molecule has 0 bridgehead atoms. The van der Waals surface area contributed by atoms with Crippen LogP contribution < -0.4 is 4.74 Å². The zero-order chi connectivity index (χ0) is 16.1. The number of alkyl halides is 1. The van der Waals surface area contributed by atoms with Gasteiger partial charge in [0.05, 0.1) is 12.3 Å². The first-order chi connectivity index (χ1) is 11.3. The molecule has 23 heavy (non-hydrogen) atoms. The summed E-state index contributed by atoms with van der Waals surface area (Å²) in [5.74, 6) is 2.85. The standard InChI is InChI=1S/C19H18ClNO2/c1-14-18(21-19(23-14)16-5-3-2-4-6-16)11-12-22-17-9-7-15(13-20)8-10-17/h2-10H,11-13H2,1H3. The lowest BCUT2D eigenvalue weighted by atomic mass is 10.2. The minimum absolute atomic E-state index is 0.515. The van der Waals surface area contributed by atoms with E-state index < -0.39 is 0 Å². The smallest absolute Gasteiger partial charge is 0.226 e. The second kappa shape index (κ2) is 7.34. The first-order valence-corrected chi connectivity index (χ1v) is 8.09. The van der Waals surface area contributed by atoms with Crippen molar-refractivity contribution in [1.29, 1.82) is 0 Å². The van der Waals surface area contributed by atoms with Crippen LogP contribution in [-0.2, 0) is 12.3 Å². The van der Waals surface area contributed by atoms with E-state index in [1.54, 1.807) is 0 Å². The zero-order valence-electron chi connectivity index (χ0n) is 13.0. The molecule has 2 aromatic carbocycles. The molecule has 0 aliphatic heterocycles. The second-order valence-corrected chi connectivity index (χ2v) is 5.53. The fourth-order valence-corrected chi connectivity index (χ4v) is 2.48. The van der Waals surface area contributed by atoms with E-state index in [0.29, 0.717) is 24.8 Å². The largest absolute Gasteiger partial charge is 0.493 e.